The molecule has 1 aliphatic carbocycles. The maximum atomic E-state index is 7.00. The van der Waals surface area contributed by atoms with Gasteiger partial charge in [0.15, 0.2) is 17.5 Å². The summed E-state index contributed by atoms with van der Waals surface area (Å²) in [4.78, 5) is 15.6. The van der Waals surface area contributed by atoms with E-state index in [0.717, 1.165) is 71.3 Å². The molecule has 0 aliphatic heterocycles. The number of aromatic nitrogens is 3. The summed E-state index contributed by atoms with van der Waals surface area (Å²) in [7, 11) is 0. The van der Waals surface area contributed by atoms with Crippen molar-refractivity contribution < 1.29 is 4.42 Å². The lowest BCUT2D eigenvalue weighted by Crippen LogP contribution is -2.14. The van der Waals surface area contributed by atoms with Crippen LogP contribution in [0.2, 0.25) is 0 Å². The molecular weight excluding hydrogens is 707 g/mol. The van der Waals surface area contributed by atoms with Crippen LogP contribution < -0.4 is 0 Å². The summed E-state index contributed by atoms with van der Waals surface area (Å²) in [5.74, 6) is 1.84. The summed E-state index contributed by atoms with van der Waals surface area (Å²) in [6, 6.07) is 62.5. The van der Waals surface area contributed by atoms with E-state index in [1.807, 2.05) is 0 Å². The minimum Gasteiger partial charge on any atom is -0.455 e. The largest absolute Gasteiger partial charge is 0.455 e. The van der Waals surface area contributed by atoms with E-state index in [4.69, 9.17) is 19.4 Å². The van der Waals surface area contributed by atoms with Crippen LogP contribution in [0.1, 0.15) is 25.0 Å². The number of nitrogens with zero attached hydrogens (tertiary/aromatic N) is 3. The zero-order valence-corrected chi connectivity index (χ0v) is 32.0. The molecule has 0 atom stereocenters. The summed E-state index contributed by atoms with van der Waals surface area (Å²) in [6.45, 7) is 4.66. The molecule has 0 radical (unpaired) electrons. The SMILES string of the molecule is CC1(C)c2ccccc2-c2ccc(-c3cccc4c3oc3cc(-c5nc(-c6ccc7ccccc7c6)nc(-c6ccc7ccccc7c6)n5)c5ccccc5c34)cc21. The lowest BCUT2D eigenvalue weighted by molar-refractivity contribution is 0.660. The Hall–Kier alpha value is -7.43. The third kappa shape index (κ3) is 4.91. The number of rotatable bonds is 4. The smallest absolute Gasteiger partial charge is 0.164 e. The highest BCUT2D eigenvalue weighted by Gasteiger charge is 2.35. The Balaban J connectivity index is 1.07. The van der Waals surface area contributed by atoms with E-state index in [0.29, 0.717) is 17.5 Å². The molecule has 1 aliphatic rings. The topological polar surface area (TPSA) is 51.8 Å². The lowest BCUT2D eigenvalue weighted by Gasteiger charge is -2.22. The molecule has 0 unspecified atom stereocenters. The number of furan rings is 1. The van der Waals surface area contributed by atoms with Crippen molar-refractivity contribution in [3.63, 3.8) is 0 Å². The van der Waals surface area contributed by atoms with Gasteiger partial charge >= 0.3 is 0 Å². The lowest BCUT2D eigenvalue weighted by atomic mass is 9.81. The zero-order valence-electron chi connectivity index (χ0n) is 32.0. The Kier molecular flexibility index (Phi) is 6.94. The highest BCUT2D eigenvalue weighted by atomic mass is 16.3. The number of para-hydroxylation sites is 1. The summed E-state index contributed by atoms with van der Waals surface area (Å²) >= 11 is 0. The fourth-order valence-corrected chi connectivity index (χ4v) is 9.36. The molecule has 12 rings (SSSR count). The molecule has 11 aromatic rings. The Morgan fingerprint density at radius 1 is 0.379 bits per heavy atom. The molecule has 272 valence electrons. The third-order valence-corrected chi connectivity index (χ3v) is 12.3. The maximum absolute atomic E-state index is 7.00. The monoisotopic (exact) mass is 741 g/mol. The van der Waals surface area contributed by atoms with Crippen LogP contribution >= 0.6 is 0 Å². The average molecular weight is 742 g/mol. The van der Waals surface area contributed by atoms with Gasteiger partial charge in [-0.1, -0.05) is 166 Å². The first-order valence-corrected chi connectivity index (χ1v) is 19.8. The van der Waals surface area contributed by atoms with Crippen LogP contribution in [-0.4, -0.2) is 15.0 Å². The second-order valence-electron chi connectivity index (χ2n) is 16.0. The summed E-state index contributed by atoms with van der Waals surface area (Å²) in [6.07, 6.45) is 0. The summed E-state index contributed by atoms with van der Waals surface area (Å²) < 4.78 is 7.00. The van der Waals surface area contributed by atoms with Crippen molar-refractivity contribution in [2.45, 2.75) is 19.3 Å². The number of hydrogen-bond donors (Lipinski definition) is 0. The molecule has 0 saturated carbocycles. The predicted molar refractivity (Wildman–Crippen MR) is 239 cm³/mol. The highest BCUT2D eigenvalue weighted by molar-refractivity contribution is 6.23. The minimum atomic E-state index is -0.100. The van der Waals surface area contributed by atoms with Gasteiger partial charge in [0, 0.05) is 38.4 Å². The van der Waals surface area contributed by atoms with Gasteiger partial charge in [0.05, 0.1) is 0 Å². The normalized spacial score (nSPS) is 13.1. The van der Waals surface area contributed by atoms with E-state index in [9.17, 15) is 0 Å². The quantitative estimate of drug-likeness (QED) is 0.180. The van der Waals surface area contributed by atoms with Gasteiger partial charge in [-0.2, -0.15) is 0 Å². The van der Waals surface area contributed by atoms with Crippen molar-refractivity contribution >= 4 is 54.3 Å². The van der Waals surface area contributed by atoms with Crippen molar-refractivity contribution in [3.8, 4) is 56.4 Å². The second kappa shape index (κ2) is 12.3. The highest BCUT2D eigenvalue weighted by Crippen LogP contribution is 2.50. The Morgan fingerprint density at radius 3 is 1.66 bits per heavy atom. The van der Waals surface area contributed by atoms with Gasteiger partial charge in [0.25, 0.3) is 0 Å². The van der Waals surface area contributed by atoms with Gasteiger partial charge in [-0.25, -0.2) is 15.0 Å². The van der Waals surface area contributed by atoms with Crippen LogP contribution in [0.3, 0.4) is 0 Å². The van der Waals surface area contributed by atoms with Gasteiger partial charge in [-0.3, -0.25) is 0 Å². The molecule has 0 N–H and O–H groups in total. The number of benzene rings is 9. The van der Waals surface area contributed by atoms with E-state index in [-0.39, 0.29) is 5.41 Å². The van der Waals surface area contributed by atoms with E-state index < -0.39 is 0 Å². The first kappa shape index (κ1) is 32.8. The first-order valence-electron chi connectivity index (χ1n) is 19.8. The second-order valence-corrected chi connectivity index (χ2v) is 16.0. The molecule has 4 nitrogen and oxygen atoms in total. The van der Waals surface area contributed by atoms with Crippen LogP contribution in [0.15, 0.2) is 180 Å². The minimum absolute atomic E-state index is 0.100. The number of hydrogen-bond acceptors (Lipinski definition) is 4. The first-order chi connectivity index (χ1) is 28.5. The van der Waals surface area contributed by atoms with Gasteiger partial charge in [0.2, 0.25) is 0 Å². The zero-order chi connectivity index (χ0) is 38.5. The van der Waals surface area contributed by atoms with E-state index >= 15 is 0 Å². The Bertz CT molecular complexity index is 3410. The van der Waals surface area contributed by atoms with Crippen molar-refractivity contribution in [2.75, 3.05) is 0 Å². The van der Waals surface area contributed by atoms with Crippen molar-refractivity contribution in [3.05, 3.63) is 187 Å². The van der Waals surface area contributed by atoms with Crippen LogP contribution in [0.5, 0.6) is 0 Å². The van der Waals surface area contributed by atoms with Crippen molar-refractivity contribution in [1.29, 1.82) is 0 Å². The molecule has 58 heavy (non-hydrogen) atoms. The van der Waals surface area contributed by atoms with Gasteiger partial charge in [0.1, 0.15) is 11.2 Å². The molecule has 0 spiro atoms. The maximum Gasteiger partial charge on any atom is 0.164 e. The fourth-order valence-electron chi connectivity index (χ4n) is 9.36. The molecule has 0 bridgehead atoms. The van der Waals surface area contributed by atoms with E-state index in [2.05, 4.69) is 190 Å². The summed E-state index contributed by atoms with van der Waals surface area (Å²) in [5, 5.41) is 8.93. The average Bonchev–Trinajstić information content (AvgIpc) is 3.77. The van der Waals surface area contributed by atoms with Gasteiger partial charge in [-0.15, -0.1) is 0 Å². The van der Waals surface area contributed by atoms with Crippen LogP contribution in [0, 0.1) is 0 Å². The van der Waals surface area contributed by atoms with Crippen LogP contribution in [0.25, 0.3) is 111 Å². The molecule has 0 saturated heterocycles. The Morgan fingerprint density at radius 2 is 0.931 bits per heavy atom. The number of fused-ring (bicyclic) bond motifs is 10. The standard InChI is InChI=1S/C54H35N3O/c1-54(2)46-21-10-9-17-41(46)42-27-26-36(30-47(42)54)39-19-11-20-44-49-43-18-8-7-16-40(43)45(31-48(49)58-50(39)44)53-56-51(37-24-22-32-12-3-5-14-34(32)28-37)55-52(57-53)38-25-23-33-13-4-6-15-35(33)29-38/h3-31H,1-2H3. The van der Waals surface area contributed by atoms with Crippen molar-refractivity contribution in [1.82, 2.24) is 15.0 Å². The Labute approximate surface area is 335 Å². The molecule has 9 aromatic carbocycles. The van der Waals surface area contributed by atoms with Crippen LogP contribution in [-0.2, 0) is 5.41 Å². The molecule has 2 aromatic heterocycles. The molecule has 4 heteroatoms. The van der Waals surface area contributed by atoms with E-state index in [1.54, 1.807) is 0 Å². The van der Waals surface area contributed by atoms with E-state index in [1.165, 1.54) is 33.0 Å². The fraction of sp³-hybridized carbons (Fsp3) is 0.0556. The van der Waals surface area contributed by atoms with Crippen LogP contribution in [0.4, 0.5) is 0 Å². The van der Waals surface area contributed by atoms with Gasteiger partial charge < -0.3 is 4.42 Å². The van der Waals surface area contributed by atoms with Gasteiger partial charge in [-0.05, 0) is 84.4 Å². The predicted octanol–water partition coefficient (Wildman–Crippen LogP) is 14.2. The summed E-state index contributed by atoms with van der Waals surface area (Å²) in [5.41, 5.74) is 11.9. The molecule has 0 fully saturated rings. The molecule has 2 heterocycles. The molecular formula is C54H35N3O. The molecule has 0 amide bonds. The van der Waals surface area contributed by atoms with Crippen molar-refractivity contribution in [2.24, 2.45) is 0 Å². The third-order valence-electron chi connectivity index (χ3n) is 12.3.